The summed E-state index contributed by atoms with van der Waals surface area (Å²) in [6.45, 7) is 19.3. The number of ether oxygens (including phenoxy) is 2. The molecule has 7 heteroatoms. The van der Waals surface area contributed by atoms with Gasteiger partial charge in [0.15, 0.2) is 0 Å². The molecule has 0 radical (unpaired) electrons. The van der Waals surface area contributed by atoms with Gasteiger partial charge in [0.2, 0.25) is 0 Å². The highest BCUT2D eigenvalue weighted by molar-refractivity contribution is 5.95. The van der Waals surface area contributed by atoms with Crippen LogP contribution in [0.4, 0.5) is 5.82 Å². The lowest BCUT2D eigenvalue weighted by atomic mass is 9.79. The zero-order chi connectivity index (χ0) is 34.5. The molecule has 0 amide bonds. The maximum Gasteiger partial charge on any atom is 0.342 e. The standard InChI is InChI=1S/C41H51N3O4/c1-29(2)48-39(46)37-24-32(25-41(6,7)34-11-15-35(45)16-12-34)26-42-38(37)44-21-19-43(20-22-44)27-30-9-8-10-31(23-30)28-47-36-17-13-33(14-18-36)40(3,4)5/h8-18,23-24,26,29,45H,19-22,25,27-28H2,1-7H3. The Balaban J connectivity index is 1.21. The maximum absolute atomic E-state index is 13.3. The van der Waals surface area contributed by atoms with Crippen LogP contribution in [-0.4, -0.2) is 53.2 Å². The van der Waals surface area contributed by atoms with Crippen molar-refractivity contribution in [3.8, 4) is 11.5 Å². The number of phenolic OH excluding ortho intramolecular Hbond substituents is 1. The number of esters is 1. The Kier molecular flexibility index (Phi) is 10.8. The van der Waals surface area contributed by atoms with Gasteiger partial charge in [-0.2, -0.15) is 0 Å². The quantitative estimate of drug-likeness (QED) is 0.165. The van der Waals surface area contributed by atoms with Crippen molar-refractivity contribution < 1.29 is 19.4 Å². The van der Waals surface area contributed by atoms with Gasteiger partial charge in [0, 0.05) is 38.9 Å². The first kappa shape index (κ1) is 35.0. The van der Waals surface area contributed by atoms with E-state index >= 15 is 0 Å². The summed E-state index contributed by atoms with van der Waals surface area (Å²) in [4.78, 5) is 22.9. The zero-order valence-corrected chi connectivity index (χ0v) is 29.6. The molecule has 0 atom stereocenters. The first-order valence-corrected chi connectivity index (χ1v) is 17.0. The number of aromatic nitrogens is 1. The van der Waals surface area contributed by atoms with E-state index in [0.29, 0.717) is 24.4 Å². The highest BCUT2D eigenvalue weighted by Gasteiger charge is 2.27. The number of piperazine rings is 1. The SMILES string of the molecule is CC(C)OC(=O)c1cc(CC(C)(C)c2ccc(O)cc2)cnc1N1CCN(Cc2cccc(COc3ccc(C(C)(C)C)cc3)c2)CC1. The van der Waals surface area contributed by atoms with E-state index in [2.05, 4.69) is 92.9 Å². The molecule has 0 bridgehead atoms. The van der Waals surface area contributed by atoms with Crippen LogP contribution in [-0.2, 0) is 35.1 Å². The molecule has 3 aromatic carbocycles. The van der Waals surface area contributed by atoms with Crippen LogP contribution in [0.1, 0.15) is 86.6 Å². The summed E-state index contributed by atoms with van der Waals surface area (Å²) in [5.74, 6) is 1.46. The van der Waals surface area contributed by atoms with Gasteiger partial charge in [-0.05, 0) is 89.2 Å². The lowest BCUT2D eigenvalue weighted by Crippen LogP contribution is -2.46. The molecule has 0 unspecified atom stereocenters. The van der Waals surface area contributed by atoms with E-state index in [1.54, 1.807) is 12.1 Å². The number of phenols is 1. The molecule has 1 aliphatic rings. The van der Waals surface area contributed by atoms with E-state index in [9.17, 15) is 9.90 Å². The second-order valence-corrected chi connectivity index (χ2v) is 14.9. The number of pyridine rings is 1. The Morgan fingerprint density at radius 1 is 0.833 bits per heavy atom. The Morgan fingerprint density at radius 2 is 1.48 bits per heavy atom. The van der Waals surface area contributed by atoms with Crippen LogP contribution in [0.25, 0.3) is 0 Å². The minimum atomic E-state index is -0.344. The Labute approximate surface area is 286 Å². The lowest BCUT2D eigenvalue weighted by molar-refractivity contribution is 0.0378. The monoisotopic (exact) mass is 649 g/mol. The van der Waals surface area contributed by atoms with Gasteiger partial charge in [0.25, 0.3) is 0 Å². The van der Waals surface area contributed by atoms with Crippen molar-refractivity contribution in [1.82, 2.24) is 9.88 Å². The Hall–Kier alpha value is -4.36. The minimum Gasteiger partial charge on any atom is -0.508 e. The fraction of sp³-hybridized carbons (Fsp3) is 0.415. The molecular formula is C41H51N3O4. The summed E-state index contributed by atoms with van der Waals surface area (Å²) in [5, 5.41) is 9.74. The number of hydrogen-bond acceptors (Lipinski definition) is 7. The average Bonchev–Trinajstić information content (AvgIpc) is 3.04. The average molecular weight is 650 g/mol. The van der Waals surface area contributed by atoms with Gasteiger partial charge in [-0.25, -0.2) is 9.78 Å². The molecule has 7 nitrogen and oxygen atoms in total. The molecule has 48 heavy (non-hydrogen) atoms. The van der Waals surface area contributed by atoms with Crippen molar-refractivity contribution >= 4 is 11.8 Å². The number of rotatable bonds is 11. The number of nitrogens with zero attached hydrogens (tertiary/aromatic N) is 3. The van der Waals surface area contributed by atoms with E-state index in [4.69, 9.17) is 14.5 Å². The van der Waals surface area contributed by atoms with Crippen LogP contribution in [0, 0.1) is 0 Å². The predicted molar refractivity (Wildman–Crippen MR) is 193 cm³/mol. The number of hydrogen-bond donors (Lipinski definition) is 1. The van der Waals surface area contributed by atoms with Gasteiger partial charge in [-0.15, -0.1) is 0 Å². The smallest absolute Gasteiger partial charge is 0.342 e. The molecule has 1 aliphatic heterocycles. The molecule has 0 saturated carbocycles. The molecule has 1 fully saturated rings. The van der Waals surface area contributed by atoms with Crippen molar-refractivity contribution in [2.24, 2.45) is 0 Å². The van der Waals surface area contributed by atoms with Crippen molar-refractivity contribution in [1.29, 1.82) is 0 Å². The Morgan fingerprint density at radius 3 is 2.12 bits per heavy atom. The maximum atomic E-state index is 13.3. The number of benzene rings is 3. The van der Waals surface area contributed by atoms with Crippen LogP contribution in [0.3, 0.4) is 0 Å². The summed E-state index contributed by atoms with van der Waals surface area (Å²) in [6, 6.07) is 26.3. The van der Waals surface area contributed by atoms with E-state index in [0.717, 1.165) is 55.2 Å². The largest absolute Gasteiger partial charge is 0.508 e. The number of aromatic hydroxyl groups is 1. The summed E-state index contributed by atoms with van der Waals surface area (Å²) in [5.41, 5.74) is 6.19. The van der Waals surface area contributed by atoms with Gasteiger partial charge in [-0.1, -0.05) is 83.1 Å². The van der Waals surface area contributed by atoms with Gasteiger partial charge in [-0.3, -0.25) is 4.90 Å². The fourth-order valence-corrected chi connectivity index (χ4v) is 6.21. The molecular weight excluding hydrogens is 598 g/mol. The third kappa shape index (κ3) is 9.16. The normalized spacial score (nSPS) is 14.3. The van der Waals surface area contributed by atoms with E-state index < -0.39 is 0 Å². The summed E-state index contributed by atoms with van der Waals surface area (Å²) in [6.07, 6.45) is 2.35. The highest BCUT2D eigenvalue weighted by Crippen LogP contribution is 2.31. The van der Waals surface area contributed by atoms with Crippen molar-refractivity contribution in [3.63, 3.8) is 0 Å². The van der Waals surface area contributed by atoms with E-state index in [-0.39, 0.29) is 28.7 Å². The third-order valence-electron chi connectivity index (χ3n) is 8.98. The minimum absolute atomic E-state index is 0.120. The number of carbonyl (C=O) groups is 1. The van der Waals surface area contributed by atoms with E-state index in [1.165, 1.54) is 11.1 Å². The predicted octanol–water partition coefficient (Wildman–Crippen LogP) is 8.07. The molecule has 0 spiro atoms. The fourth-order valence-electron chi connectivity index (χ4n) is 6.21. The zero-order valence-electron chi connectivity index (χ0n) is 29.6. The van der Waals surface area contributed by atoms with Crippen molar-refractivity contribution in [3.05, 3.63) is 118 Å². The van der Waals surface area contributed by atoms with Crippen molar-refractivity contribution in [2.75, 3.05) is 31.1 Å². The Bertz CT molecular complexity index is 1670. The molecule has 5 rings (SSSR count). The van der Waals surface area contributed by atoms with Gasteiger partial charge in [0.1, 0.15) is 29.5 Å². The van der Waals surface area contributed by atoms with Crippen LogP contribution in [0.2, 0.25) is 0 Å². The second kappa shape index (κ2) is 14.8. The van der Waals surface area contributed by atoms with Crippen LogP contribution in [0.5, 0.6) is 11.5 Å². The molecule has 0 aliphatic carbocycles. The van der Waals surface area contributed by atoms with Gasteiger partial charge in [0.05, 0.1) is 6.10 Å². The highest BCUT2D eigenvalue weighted by atomic mass is 16.5. The molecule has 2 heterocycles. The lowest BCUT2D eigenvalue weighted by Gasteiger charge is -2.36. The molecule has 4 aromatic rings. The van der Waals surface area contributed by atoms with Gasteiger partial charge < -0.3 is 19.5 Å². The van der Waals surface area contributed by atoms with Gasteiger partial charge >= 0.3 is 5.97 Å². The third-order valence-corrected chi connectivity index (χ3v) is 8.98. The first-order valence-electron chi connectivity index (χ1n) is 17.0. The van der Waals surface area contributed by atoms with E-state index in [1.807, 2.05) is 38.2 Å². The first-order chi connectivity index (χ1) is 22.8. The number of anilines is 1. The molecule has 1 aromatic heterocycles. The second-order valence-electron chi connectivity index (χ2n) is 14.9. The molecule has 254 valence electrons. The van der Waals surface area contributed by atoms with Crippen LogP contribution >= 0.6 is 0 Å². The van der Waals surface area contributed by atoms with Crippen molar-refractivity contribution in [2.45, 2.75) is 85.0 Å². The topological polar surface area (TPSA) is 75.1 Å². The molecule has 1 saturated heterocycles. The summed E-state index contributed by atoms with van der Waals surface area (Å²) >= 11 is 0. The molecule has 1 N–H and O–H groups in total. The summed E-state index contributed by atoms with van der Waals surface area (Å²) in [7, 11) is 0. The summed E-state index contributed by atoms with van der Waals surface area (Å²) < 4.78 is 11.8. The number of carbonyl (C=O) groups excluding carboxylic acids is 1. The van der Waals surface area contributed by atoms with Crippen LogP contribution < -0.4 is 9.64 Å². The van der Waals surface area contributed by atoms with Crippen LogP contribution in [0.15, 0.2) is 85.1 Å².